The van der Waals surface area contributed by atoms with Crippen molar-refractivity contribution in [3.05, 3.63) is 77.4 Å². The summed E-state index contributed by atoms with van der Waals surface area (Å²) in [6.07, 6.45) is 0. The fraction of sp³-hybridized carbons (Fsp3) is 0.174. The summed E-state index contributed by atoms with van der Waals surface area (Å²) >= 11 is 0. The Morgan fingerprint density at radius 1 is 1.14 bits per heavy atom. The molecule has 1 amide bonds. The zero-order chi connectivity index (χ0) is 19.7. The summed E-state index contributed by atoms with van der Waals surface area (Å²) in [5.74, 6) is 0.366. The Morgan fingerprint density at radius 3 is 2.61 bits per heavy atom. The first kappa shape index (κ1) is 18.1. The molecule has 4 rings (SSSR count). The van der Waals surface area contributed by atoms with E-state index in [0.717, 1.165) is 38.7 Å². The van der Waals surface area contributed by atoms with E-state index in [1.807, 2.05) is 49.4 Å². The van der Waals surface area contributed by atoms with Crippen molar-refractivity contribution in [2.45, 2.75) is 20.1 Å². The lowest BCUT2D eigenvalue weighted by molar-refractivity contribution is 0.100. The minimum absolute atomic E-state index is 0.0697. The van der Waals surface area contributed by atoms with Crippen LogP contribution in [0.1, 0.15) is 28.4 Å². The molecule has 0 aliphatic heterocycles. The fourth-order valence-corrected chi connectivity index (χ4v) is 3.61. The molecule has 5 nitrogen and oxygen atoms in total. The van der Waals surface area contributed by atoms with Crippen LogP contribution in [0.3, 0.4) is 0 Å². The van der Waals surface area contributed by atoms with Crippen molar-refractivity contribution in [1.29, 1.82) is 0 Å². The van der Waals surface area contributed by atoms with Crippen LogP contribution in [-0.4, -0.2) is 22.2 Å². The van der Waals surface area contributed by atoms with Crippen LogP contribution in [0, 0.1) is 6.07 Å². The first-order valence-electron chi connectivity index (χ1n) is 9.20. The summed E-state index contributed by atoms with van der Waals surface area (Å²) in [6.45, 7) is 3.12. The van der Waals surface area contributed by atoms with Gasteiger partial charge in [0.1, 0.15) is 5.75 Å². The Hall–Kier alpha value is -3.31. The Bertz CT molecular complexity index is 1160. The monoisotopic (exact) mass is 373 g/mol. The van der Waals surface area contributed by atoms with Gasteiger partial charge in [0.2, 0.25) is 5.91 Å². The molecule has 1 radical (unpaired) electrons. The Labute approximate surface area is 163 Å². The number of benzene rings is 3. The van der Waals surface area contributed by atoms with E-state index in [1.165, 1.54) is 0 Å². The Kier molecular flexibility index (Phi) is 4.75. The van der Waals surface area contributed by atoms with E-state index in [4.69, 9.17) is 10.5 Å². The molecule has 141 valence electrons. The minimum Gasteiger partial charge on any atom is -0.494 e. The average molecular weight is 373 g/mol. The van der Waals surface area contributed by atoms with Gasteiger partial charge in [-0.05, 0) is 60.5 Å². The summed E-state index contributed by atoms with van der Waals surface area (Å²) in [7, 11) is 0. The molecular weight excluding hydrogens is 352 g/mol. The van der Waals surface area contributed by atoms with Crippen LogP contribution in [0.5, 0.6) is 5.75 Å². The summed E-state index contributed by atoms with van der Waals surface area (Å²) in [6, 6.07) is 20.4. The predicted molar refractivity (Wildman–Crippen MR) is 109 cm³/mol. The van der Waals surface area contributed by atoms with Gasteiger partial charge >= 0.3 is 0 Å². The van der Waals surface area contributed by atoms with E-state index in [0.29, 0.717) is 18.7 Å². The molecular formula is C23H21N2O3. The van der Waals surface area contributed by atoms with Crippen LogP contribution < -0.4 is 10.5 Å². The number of hydrogen-bond donors (Lipinski definition) is 2. The van der Waals surface area contributed by atoms with E-state index in [1.54, 1.807) is 12.1 Å². The van der Waals surface area contributed by atoms with Gasteiger partial charge in [0.05, 0.1) is 24.2 Å². The van der Waals surface area contributed by atoms with Crippen LogP contribution in [-0.2, 0) is 13.2 Å². The van der Waals surface area contributed by atoms with Gasteiger partial charge in [-0.3, -0.25) is 4.79 Å². The van der Waals surface area contributed by atoms with Crippen LogP contribution >= 0.6 is 0 Å². The molecule has 0 saturated carbocycles. The third-order valence-corrected chi connectivity index (χ3v) is 4.88. The van der Waals surface area contributed by atoms with E-state index >= 15 is 0 Å². The zero-order valence-electron chi connectivity index (χ0n) is 15.6. The molecule has 1 heterocycles. The second kappa shape index (κ2) is 7.37. The molecule has 0 spiro atoms. The maximum absolute atomic E-state index is 12.0. The van der Waals surface area contributed by atoms with E-state index in [9.17, 15) is 9.90 Å². The highest BCUT2D eigenvalue weighted by molar-refractivity contribution is 6.17. The van der Waals surface area contributed by atoms with Gasteiger partial charge in [0.15, 0.2) is 0 Å². The number of carbonyl (C=O) groups excluding carboxylic acids is 1. The average Bonchev–Trinajstić information content (AvgIpc) is 3.02. The third kappa shape index (κ3) is 3.10. The molecule has 28 heavy (non-hydrogen) atoms. The van der Waals surface area contributed by atoms with Crippen LogP contribution in [0.4, 0.5) is 0 Å². The number of ether oxygens (including phenoxy) is 1. The van der Waals surface area contributed by atoms with Crippen LogP contribution in [0.25, 0.3) is 21.8 Å². The molecule has 3 aromatic carbocycles. The molecule has 0 atom stereocenters. The summed E-state index contributed by atoms with van der Waals surface area (Å²) < 4.78 is 7.65. The van der Waals surface area contributed by atoms with Gasteiger partial charge in [-0.25, -0.2) is 0 Å². The number of aliphatic hydroxyl groups is 1. The van der Waals surface area contributed by atoms with Crippen molar-refractivity contribution in [1.82, 2.24) is 4.57 Å². The maximum atomic E-state index is 12.0. The number of carbonyl (C=O) groups is 1. The second-order valence-electron chi connectivity index (χ2n) is 6.65. The number of hydrogen-bond acceptors (Lipinski definition) is 3. The van der Waals surface area contributed by atoms with Crippen molar-refractivity contribution < 1.29 is 14.6 Å². The molecule has 0 fully saturated rings. The SMILES string of the molecule is CCOc1ccc(Cn2c3cc(CO)c[c]c3c3c(C(N)=O)cccc32)cc1. The zero-order valence-corrected chi connectivity index (χ0v) is 15.6. The lowest BCUT2D eigenvalue weighted by atomic mass is 10.0. The lowest BCUT2D eigenvalue weighted by Crippen LogP contribution is -2.11. The van der Waals surface area contributed by atoms with E-state index in [-0.39, 0.29) is 6.61 Å². The topological polar surface area (TPSA) is 77.5 Å². The molecule has 0 aliphatic carbocycles. The minimum atomic E-state index is -0.467. The fourth-order valence-electron chi connectivity index (χ4n) is 3.61. The van der Waals surface area contributed by atoms with Crippen molar-refractivity contribution in [2.75, 3.05) is 6.61 Å². The molecule has 1 aromatic heterocycles. The summed E-state index contributed by atoms with van der Waals surface area (Å²) in [4.78, 5) is 12.0. The Morgan fingerprint density at radius 2 is 1.93 bits per heavy atom. The number of nitrogens with two attached hydrogens (primary N) is 1. The molecule has 0 saturated heterocycles. The van der Waals surface area contributed by atoms with Crippen molar-refractivity contribution in [3.8, 4) is 5.75 Å². The Balaban J connectivity index is 1.92. The van der Waals surface area contributed by atoms with Gasteiger partial charge in [-0.1, -0.05) is 18.2 Å². The van der Waals surface area contributed by atoms with Crippen LogP contribution in [0.15, 0.2) is 54.6 Å². The maximum Gasteiger partial charge on any atom is 0.249 e. The number of rotatable bonds is 6. The van der Waals surface area contributed by atoms with E-state index in [2.05, 4.69) is 10.6 Å². The number of aromatic nitrogens is 1. The number of amides is 1. The van der Waals surface area contributed by atoms with Crippen molar-refractivity contribution >= 4 is 27.7 Å². The standard InChI is InChI=1S/C23H21N2O3/c1-2-28-17-9-6-15(7-10-17)13-25-20-5-3-4-19(23(24)27)22(20)18-11-8-16(14-26)12-21(18)25/h3-10,12,26H,2,13-14H2,1H3,(H2,24,27). The summed E-state index contributed by atoms with van der Waals surface area (Å²) in [5, 5.41) is 11.2. The first-order valence-corrected chi connectivity index (χ1v) is 9.20. The predicted octanol–water partition coefficient (Wildman–Crippen LogP) is 3.63. The smallest absolute Gasteiger partial charge is 0.249 e. The number of fused-ring (bicyclic) bond motifs is 3. The highest BCUT2D eigenvalue weighted by Crippen LogP contribution is 2.33. The third-order valence-electron chi connectivity index (χ3n) is 4.88. The second-order valence-corrected chi connectivity index (χ2v) is 6.65. The van der Waals surface area contributed by atoms with E-state index < -0.39 is 5.91 Å². The molecule has 5 heteroatoms. The highest BCUT2D eigenvalue weighted by atomic mass is 16.5. The van der Waals surface area contributed by atoms with Gasteiger partial charge in [0.25, 0.3) is 0 Å². The van der Waals surface area contributed by atoms with Gasteiger partial charge in [-0.2, -0.15) is 0 Å². The molecule has 0 unspecified atom stereocenters. The van der Waals surface area contributed by atoms with Crippen LogP contribution in [0.2, 0.25) is 0 Å². The lowest BCUT2D eigenvalue weighted by Gasteiger charge is -2.10. The van der Waals surface area contributed by atoms with Gasteiger partial charge < -0.3 is 20.1 Å². The molecule has 0 bridgehead atoms. The number of aliphatic hydroxyl groups excluding tert-OH is 1. The number of primary amides is 1. The quantitative estimate of drug-likeness (QED) is 0.542. The normalized spacial score (nSPS) is 11.2. The summed E-state index contributed by atoms with van der Waals surface area (Å²) in [5.41, 5.74) is 9.77. The highest BCUT2D eigenvalue weighted by Gasteiger charge is 2.17. The number of nitrogens with zero attached hydrogens (tertiary/aromatic N) is 1. The van der Waals surface area contributed by atoms with Crippen molar-refractivity contribution in [2.24, 2.45) is 5.73 Å². The largest absolute Gasteiger partial charge is 0.494 e. The van der Waals surface area contributed by atoms with Crippen molar-refractivity contribution in [3.63, 3.8) is 0 Å². The van der Waals surface area contributed by atoms with Gasteiger partial charge in [-0.15, -0.1) is 0 Å². The molecule has 3 N–H and O–H groups in total. The molecule has 4 aromatic rings. The van der Waals surface area contributed by atoms with Gasteiger partial charge in [0, 0.05) is 22.9 Å². The first-order chi connectivity index (χ1) is 13.6. The molecule has 0 aliphatic rings.